The van der Waals surface area contributed by atoms with Crippen molar-refractivity contribution in [3.05, 3.63) is 59.4 Å². The second kappa shape index (κ2) is 7.79. The molecule has 2 rings (SSSR count). The molecular weight excluding hydrogens is 325 g/mol. The van der Waals surface area contributed by atoms with E-state index >= 15 is 0 Å². The predicted molar refractivity (Wildman–Crippen MR) is 92.5 cm³/mol. The van der Waals surface area contributed by atoms with E-state index in [-0.39, 0.29) is 12.2 Å². The van der Waals surface area contributed by atoms with Crippen molar-refractivity contribution in [1.29, 1.82) is 0 Å². The van der Waals surface area contributed by atoms with E-state index < -0.39 is 23.6 Å². The molecule has 6 heteroatoms. The van der Waals surface area contributed by atoms with Crippen LogP contribution >= 0.6 is 0 Å². The summed E-state index contributed by atoms with van der Waals surface area (Å²) in [7, 11) is 2.84. The Kier molecular flexibility index (Phi) is 5.75. The minimum Gasteiger partial charge on any atom is -0.494 e. The second-order valence-electron chi connectivity index (χ2n) is 5.78. The molecule has 0 radical (unpaired) electrons. The van der Waals surface area contributed by atoms with E-state index in [9.17, 15) is 19.1 Å². The van der Waals surface area contributed by atoms with Crippen molar-refractivity contribution in [2.45, 2.75) is 19.3 Å². The molecule has 0 saturated heterocycles. The van der Waals surface area contributed by atoms with Crippen molar-refractivity contribution in [2.24, 2.45) is 0 Å². The normalized spacial score (nSPS) is 11.7. The standard InChI is InChI=1S/C19H20FNO4/c1-12-4-6-13(7-5-12)15(19(23)24)11-18(22)21(2)14-8-9-17(25-3)16(20)10-14/h4-10,15H,11H2,1-3H3,(H,23,24). The second-order valence-corrected chi connectivity index (χ2v) is 5.78. The summed E-state index contributed by atoms with van der Waals surface area (Å²) in [6, 6.07) is 11.2. The number of amides is 1. The largest absolute Gasteiger partial charge is 0.494 e. The molecule has 0 bridgehead atoms. The summed E-state index contributed by atoms with van der Waals surface area (Å²) in [6.07, 6.45) is -0.220. The summed E-state index contributed by atoms with van der Waals surface area (Å²) in [5, 5.41) is 9.46. The number of methoxy groups -OCH3 is 1. The molecule has 0 saturated carbocycles. The fourth-order valence-electron chi connectivity index (χ4n) is 2.47. The average Bonchev–Trinajstić information content (AvgIpc) is 2.59. The number of nitrogens with zero attached hydrogens (tertiary/aromatic N) is 1. The maximum Gasteiger partial charge on any atom is 0.311 e. The molecule has 1 amide bonds. The van der Waals surface area contributed by atoms with E-state index in [2.05, 4.69) is 0 Å². The number of rotatable bonds is 6. The van der Waals surface area contributed by atoms with Crippen LogP contribution in [0.4, 0.5) is 10.1 Å². The van der Waals surface area contributed by atoms with Gasteiger partial charge in [0.1, 0.15) is 0 Å². The topological polar surface area (TPSA) is 66.8 Å². The Morgan fingerprint density at radius 1 is 1.20 bits per heavy atom. The van der Waals surface area contributed by atoms with E-state index in [1.54, 1.807) is 30.3 Å². The number of hydrogen-bond acceptors (Lipinski definition) is 3. The summed E-state index contributed by atoms with van der Waals surface area (Å²) in [4.78, 5) is 25.3. The molecule has 132 valence electrons. The molecule has 1 N–H and O–H groups in total. The fourth-order valence-corrected chi connectivity index (χ4v) is 2.47. The van der Waals surface area contributed by atoms with Gasteiger partial charge in [0.15, 0.2) is 11.6 Å². The monoisotopic (exact) mass is 345 g/mol. The van der Waals surface area contributed by atoms with Crippen LogP contribution in [0.1, 0.15) is 23.5 Å². The number of carbonyl (C=O) groups excluding carboxylic acids is 1. The van der Waals surface area contributed by atoms with Gasteiger partial charge in [0.2, 0.25) is 5.91 Å². The van der Waals surface area contributed by atoms with Crippen molar-refractivity contribution in [2.75, 3.05) is 19.1 Å². The van der Waals surface area contributed by atoms with Crippen LogP contribution in [0.2, 0.25) is 0 Å². The Morgan fingerprint density at radius 2 is 1.84 bits per heavy atom. The lowest BCUT2D eigenvalue weighted by molar-refractivity contribution is -0.140. The minimum atomic E-state index is -1.08. The molecule has 0 aromatic heterocycles. The zero-order chi connectivity index (χ0) is 18.6. The van der Waals surface area contributed by atoms with Crippen LogP contribution in [-0.2, 0) is 9.59 Å². The Bertz CT molecular complexity index is 773. The summed E-state index contributed by atoms with van der Waals surface area (Å²) < 4.78 is 18.7. The van der Waals surface area contributed by atoms with Gasteiger partial charge in [-0.25, -0.2) is 4.39 Å². The Hall–Kier alpha value is -2.89. The molecule has 0 fully saturated rings. The lowest BCUT2D eigenvalue weighted by atomic mass is 9.94. The average molecular weight is 345 g/mol. The smallest absolute Gasteiger partial charge is 0.311 e. The van der Waals surface area contributed by atoms with Crippen molar-refractivity contribution < 1.29 is 23.8 Å². The molecule has 0 heterocycles. The Labute approximate surface area is 145 Å². The van der Waals surface area contributed by atoms with Crippen molar-refractivity contribution in [3.63, 3.8) is 0 Å². The first kappa shape index (κ1) is 18.4. The highest BCUT2D eigenvalue weighted by Gasteiger charge is 2.25. The third-order valence-electron chi connectivity index (χ3n) is 4.05. The van der Waals surface area contributed by atoms with Crippen LogP contribution in [0.25, 0.3) is 0 Å². The number of anilines is 1. The number of carboxylic acid groups (broad SMARTS) is 1. The first-order valence-corrected chi connectivity index (χ1v) is 7.73. The number of benzene rings is 2. The van der Waals surface area contributed by atoms with Gasteiger partial charge in [0.25, 0.3) is 0 Å². The minimum absolute atomic E-state index is 0.0765. The highest BCUT2D eigenvalue weighted by atomic mass is 19.1. The number of carboxylic acids is 1. The molecular formula is C19H20FNO4. The van der Waals surface area contributed by atoms with Crippen LogP contribution < -0.4 is 9.64 Å². The van der Waals surface area contributed by atoms with Gasteiger partial charge in [0.05, 0.1) is 13.0 Å². The van der Waals surface area contributed by atoms with E-state index in [4.69, 9.17) is 4.74 Å². The van der Waals surface area contributed by atoms with Gasteiger partial charge < -0.3 is 14.7 Å². The van der Waals surface area contributed by atoms with Crippen LogP contribution in [0.5, 0.6) is 5.75 Å². The number of hydrogen-bond donors (Lipinski definition) is 1. The zero-order valence-corrected chi connectivity index (χ0v) is 14.3. The molecule has 2 aromatic carbocycles. The fraction of sp³-hybridized carbons (Fsp3) is 0.263. The van der Waals surface area contributed by atoms with Crippen LogP contribution in [0.15, 0.2) is 42.5 Å². The van der Waals surface area contributed by atoms with Gasteiger partial charge in [-0.3, -0.25) is 9.59 Å². The molecule has 0 aliphatic heterocycles. The van der Waals surface area contributed by atoms with Gasteiger partial charge in [-0.05, 0) is 24.6 Å². The highest BCUT2D eigenvalue weighted by molar-refractivity contribution is 5.96. The predicted octanol–water partition coefficient (Wildman–Crippen LogP) is 3.36. The number of aryl methyl sites for hydroxylation is 1. The molecule has 0 aliphatic rings. The number of halogens is 1. The molecule has 0 aliphatic carbocycles. The van der Waals surface area contributed by atoms with Crippen molar-refractivity contribution >= 4 is 17.6 Å². The van der Waals surface area contributed by atoms with Gasteiger partial charge in [-0.15, -0.1) is 0 Å². The zero-order valence-electron chi connectivity index (χ0n) is 14.3. The summed E-state index contributed by atoms with van der Waals surface area (Å²) in [6.45, 7) is 1.90. The SMILES string of the molecule is COc1ccc(N(C)C(=O)CC(C(=O)O)c2ccc(C)cc2)cc1F. The summed E-state index contributed by atoms with van der Waals surface area (Å²) in [5.41, 5.74) is 1.89. The number of carbonyl (C=O) groups is 2. The molecule has 25 heavy (non-hydrogen) atoms. The third kappa shape index (κ3) is 4.35. The van der Waals surface area contributed by atoms with Gasteiger partial charge in [-0.2, -0.15) is 0 Å². The van der Waals surface area contributed by atoms with E-state index in [0.717, 1.165) is 5.56 Å². The highest BCUT2D eigenvalue weighted by Crippen LogP contribution is 2.26. The Morgan fingerprint density at radius 3 is 2.36 bits per heavy atom. The lowest BCUT2D eigenvalue weighted by Crippen LogP contribution is -2.29. The summed E-state index contributed by atoms with van der Waals surface area (Å²) >= 11 is 0. The molecule has 1 unspecified atom stereocenters. The van der Waals surface area contributed by atoms with Crippen LogP contribution in [0.3, 0.4) is 0 Å². The first-order chi connectivity index (χ1) is 11.8. The number of aliphatic carboxylic acids is 1. The van der Waals surface area contributed by atoms with Crippen LogP contribution in [-0.4, -0.2) is 31.1 Å². The van der Waals surface area contributed by atoms with E-state index in [0.29, 0.717) is 11.3 Å². The maximum absolute atomic E-state index is 13.8. The third-order valence-corrected chi connectivity index (χ3v) is 4.05. The quantitative estimate of drug-likeness (QED) is 0.872. The molecule has 1 atom stereocenters. The summed E-state index contributed by atoms with van der Waals surface area (Å²) in [5.74, 6) is -2.97. The van der Waals surface area contributed by atoms with Gasteiger partial charge in [-0.1, -0.05) is 29.8 Å². The number of ether oxygens (including phenoxy) is 1. The van der Waals surface area contributed by atoms with Crippen molar-refractivity contribution in [1.82, 2.24) is 0 Å². The molecule has 0 spiro atoms. The molecule has 5 nitrogen and oxygen atoms in total. The lowest BCUT2D eigenvalue weighted by Gasteiger charge is -2.20. The first-order valence-electron chi connectivity index (χ1n) is 7.73. The maximum atomic E-state index is 13.8. The van der Waals surface area contributed by atoms with E-state index in [1.807, 2.05) is 6.92 Å². The van der Waals surface area contributed by atoms with Crippen LogP contribution in [0, 0.1) is 12.7 Å². The Balaban J connectivity index is 2.19. The van der Waals surface area contributed by atoms with Gasteiger partial charge >= 0.3 is 5.97 Å². The molecule has 2 aromatic rings. The van der Waals surface area contributed by atoms with E-state index in [1.165, 1.54) is 31.2 Å². The van der Waals surface area contributed by atoms with Crippen molar-refractivity contribution in [3.8, 4) is 5.75 Å². The van der Waals surface area contributed by atoms with Gasteiger partial charge in [0, 0.05) is 25.2 Å².